The first-order chi connectivity index (χ1) is 10.6. The van der Waals surface area contributed by atoms with Gasteiger partial charge in [-0.05, 0) is 17.2 Å². The van der Waals surface area contributed by atoms with Gasteiger partial charge in [-0.25, -0.2) is 4.79 Å². The molecule has 1 aliphatic heterocycles. The average Bonchev–Trinajstić information content (AvgIpc) is 2.52. The summed E-state index contributed by atoms with van der Waals surface area (Å²) in [6.07, 6.45) is 0.258. The minimum atomic E-state index is -1.05. The summed E-state index contributed by atoms with van der Waals surface area (Å²) >= 11 is 0. The monoisotopic (exact) mass is 298 g/mol. The number of fused-ring (bicyclic) bond motifs is 1. The van der Waals surface area contributed by atoms with Gasteiger partial charge >= 0.3 is 5.97 Å². The van der Waals surface area contributed by atoms with Crippen LogP contribution >= 0.6 is 0 Å². The van der Waals surface area contributed by atoms with E-state index in [9.17, 15) is 19.5 Å². The van der Waals surface area contributed by atoms with E-state index in [-0.39, 0.29) is 18.7 Å². The number of H-pyrrole nitrogens is 1. The fourth-order valence-corrected chi connectivity index (χ4v) is 2.68. The van der Waals surface area contributed by atoms with E-state index in [1.54, 1.807) is 0 Å². The number of amides is 1. The van der Waals surface area contributed by atoms with E-state index in [1.165, 1.54) is 23.1 Å². The molecular formula is C16H14N2O4. The van der Waals surface area contributed by atoms with Crippen molar-refractivity contribution in [1.29, 1.82) is 0 Å². The standard InChI is InChI=1S/C16H14N2O4/c19-14-7-3-6-12(17-14)15(20)18-9-11-5-2-1-4-10(11)8-13(18)16(21)22/h1-7,13H,8-9H2,(H,17,19)(H,21,22)/t13-/m0/s1. The van der Waals surface area contributed by atoms with Crippen molar-refractivity contribution >= 4 is 11.9 Å². The van der Waals surface area contributed by atoms with Crippen LogP contribution in [0.4, 0.5) is 0 Å². The molecule has 112 valence electrons. The molecule has 0 spiro atoms. The van der Waals surface area contributed by atoms with Crippen molar-refractivity contribution in [1.82, 2.24) is 9.88 Å². The van der Waals surface area contributed by atoms with Crippen LogP contribution in [0.25, 0.3) is 0 Å². The lowest BCUT2D eigenvalue weighted by molar-refractivity contribution is -0.142. The molecule has 0 radical (unpaired) electrons. The lowest BCUT2D eigenvalue weighted by Gasteiger charge is -2.34. The highest BCUT2D eigenvalue weighted by Gasteiger charge is 2.35. The SMILES string of the molecule is O=C(O)[C@@H]1Cc2ccccc2CN1C(=O)c1cccc(=O)[nH]1. The van der Waals surface area contributed by atoms with E-state index < -0.39 is 23.5 Å². The second kappa shape index (κ2) is 5.48. The summed E-state index contributed by atoms with van der Waals surface area (Å²) in [5, 5.41) is 9.42. The first-order valence-corrected chi connectivity index (χ1v) is 6.86. The molecule has 1 amide bonds. The number of nitrogens with one attached hydrogen (secondary N) is 1. The molecule has 1 aliphatic rings. The molecule has 0 unspecified atom stereocenters. The Labute approximate surface area is 126 Å². The van der Waals surface area contributed by atoms with E-state index in [0.717, 1.165) is 11.1 Å². The fourth-order valence-electron chi connectivity index (χ4n) is 2.68. The number of hydrogen-bond donors (Lipinski definition) is 2. The summed E-state index contributed by atoms with van der Waals surface area (Å²) in [5.74, 6) is -1.54. The van der Waals surface area contributed by atoms with Crippen molar-refractivity contribution in [3.05, 3.63) is 69.6 Å². The third kappa shape index (κ3) is 2.50. The number of nitrogens with zero attached hydrogens (tertiary/aromatic N) is 1. The van der Waals surface area contributed by atoms with Crippen LogP contribution in [0.2, 0.25) is 0 Å². The molecule has 22 heavy (non-hydrogen) atoms. The Morgan fingerprint density at radius 2 is 1.82 bits per heavy atom. The second-order valence-corrected chi connectivity index (χ2v) is 5.19. The molecule has 3 rings (SSSR count). The predicted octanol–water partition coefficient (Wildman–Crippen LogP) is 1.03. The highest BCUT2D eigenvalue weighted by atomic mass is 16.4. The maximum absolute atomic E-state index is 12.6. The molecule has 0 saturated carbocycles. The summed E-state index contributed by atoms with van der Waals surface area (Å²) in [6, 6.07) is 10.8. The smallest absolute Gasteiger partial charge is 0.326 e. The predicted molar refractivity (Wildman–Crippen MR) is 78.5 cm³/mol. The van der Waals surface area contributed by atoms with Crippen LogP contribution in [-0.4, -0.2) is 32.9 Å². The van der Waals surface area contributed by atoms with Gasteiger partial charge in [-0.1, -0.05) is 30.3 Å². The molecule has 1 aromatic heterocycles. The van der Waals surface area contributed by atoms with E-state index in [2.05, 4.69) is 4.98 Å². The molecule has 1 aromatic carbocycles. The van der Waals surface area contributed by atoms with Crippen LogP contribution in [0.1, 0.15) is 21.6 Å². The minimum absolute atomic E-state index is 0.0955. The number of aromatic nitrogens is 1. The Kier molecular flexibility index (Phi) is 3.50. The number of carboxylic acids is 1. The molecule has 0 fully saturated rings. The van der Waals surface area contributed by atoms with Gasteiger partial charge in [-0.15, -0.1) is 0 Å². The second-order valence-electron chi connectivity index (χ2n) is 5.19. The molecule has 0 saturated heterocycles. The summed E-state index contributed by atoms with van der Waals surface area (Å²) < 4.78 is 0. The molecule has 0 aliphatic carbocycles. The number of aromatic amines is 1. The Bertz CT molecular complexity index is 796. The number of hydrogen-bond acceptors (Lipinski definition) is 3. The fraction of sp³-hybridized carbons (Fsp3) is 0.188. The van der Waals surface area contributed by atoms with Crippen molar-refractivity contribution in [3.63, 3.8) is 0 Å². The maximum atomic E-state index is 12.6. The molecule has 2 heterocycles. The lowest BCUT2D eigenvalue weighted by atomic mass is 9.93. The lowest BCUT2D eigenvalue weighted by Crippen LogP contribution is -2.49. The number of pyridine rings is 1. The normalized spacial score (nSPS) is 16.9. The molecule has 1 atom stereocenters. The van der Waals surface area contributed by atoms with Crippen LogP contribution < -0.4 is 5.56 Å². The molecule has 2 N–H and O–H groups in total. The number of benzene rings is 1. The highest BCUT2D eigenvalue weighted by Crippen LogP contribution is 2.24. The highest BCUT2D eigenvalue weighted by molar-refractivity contribution is 5.95. The zero-order chi connectivity index (χ0) is 15.7. The number of carbonyl (C=O) groups is 2. The molecule has 2 aromatic rings. The van der Waals surface area contributed by atoms with E-state index >= 15 is 0 Å². The molecule has 0 bridgehead atoms. The Morgan fingerprint density at radius 3 is 2.50 bits per heavy atom. The van der Waals surface area contributed by atoms with Crippen molar-refractivity contribution in [2.24, 2.45) is 0 Å². The number of rotatable bonds is 2. The number of carboxylic acid groups (broad SMARTS) is 1. The first-order valence-electron chi connectivity index (χ1n) is 6.86. The third-order valence-electron chi connectivity index (χ3n) is 3.79. The Balaban J connectivity index is 1.99. The largest absolute Gasteiger partial charge is 0.480 e. The van der Waals surface area contributed by atoms with Crippen molar-refractivity contribution in [3.8, 4) is 0 Å². The zero-order valence-corrected chi connectivity index (χ0v) is 11.7. The summed E-state index contributed by atoms with van der Waals surface area (Å²) in [4.78, 5) is 39.2. The van der Waals surface area contributed by atoms with Crippen LogP contribution in [-0.2, 0) is 17.8 Å². The van der Waals surface area contributed by atoms with Gasteiger partial charge in [0.05, 0.1) is 0 Å². The molecule has 6 nitrogen and oxygen atoms in total. The Hall–Kier alpha value is -2.89. The quantitative estimate of drug-likeness (QED) is 0.866. The number of carbonyl (C=O) groups excluding carboxylic acids is 1. The van der Waals surface area contributed by atoms with E-state index in [0.29, 0.717) is 0 Å². The average molecular weight is 298 g/mol. The zero-order valence-electron chi connectivity index (χ0n) is 11.7. The van der Waals surface area contributed by atoms with Gasteiger partial charge in [0.25, 0.3) is 5.91 Å². The summed E-state index contributed by atoms with van der Waals surface area (Å²) in [7, 11) is 0. The minimum Gasteiger partial charge on any atom is -0.480 e. The van der Waals surface area contributed by atoms with E-state index in [1.807, 2.05) is 24.3 Å². The first kappa shape index (κ1) is 14.1. The Morgan fingerprint density at radius 1 is 1.09 bits per heavy atom. The molecular weight excluding hydrogens is 284 g/mol. The van der Waals surface area contributed by atoms with Crippen LogP contribution in [0, 0.1) is 0 Å². The third-order valence-corrected chi connectivity index (χ3v) is 3.79. The van der Waals surface area contributed by atoms with Crippen molar-refractivity contribution in [2.45, 2.75) is 19.0 Å². The van der Waals surface area contributed by atoms with Gasteiger partial charge in [0.1, 0.15) is 11.7 Å². The van der Waals surface area contributed by atoms with Gasteiger partial charge in [0.15, 0.2) is 0 Å². The van der Waals surface area contributed by atoms with Gasteiger partial charge < -0.3 is 15.0 Å². The van der Waals surface area contributed by atoms with Gasteiger partial charge in [0, 0.05) is 19.0 Å². The summed E-state index contributed by atoms with van der Waals surface area (Å²) in [6.45, 7) is 0.211. The van der Waals surface area contributed by atoms with Crippen molar-refractivity contribution < 1.29 is 14.7 Å². The van der Waals surface area contributed by atoms with Crippen LogP contribution in [0.15, 0.2) is 47.3 Å². The maximum Gasteiger partial charge on any atom is 0.326 e. The van der Waals surface area contributed by atoms with Crippen LogP contribution in [0.3, 0.4) is 0 Å². The van der Waals surface area contributed by atoms with Gasteiger partial charge in [-0.2, -0.15) is 0 Å². The topological polar surface area (TPSA) is 90.5 Å². The van der Waals surface area contributed by atoms with E-state index in [4.69, 9.17) is 0 Å². The van der Waals surface area contributed by atoms with Gasteiger partial charge in [-0.3, -0.25) is 9.59 Å². The number of aliphatic carboxylic acids is 1. The molecule has 6 heteroatoms. The summed E-state index contributed by atoms with van der Waals surface area (Å²) in [5.41, 5.74) is 1.56. The van der Waals surface area contributed by atoms with Gasteiger partial charge in [0.2, 0.25) is 5.56 Å². The van der Waals surface area contributed by atoms with Crippen LogP contribution in [0.5, 0.6) is 0 Å². The van der Waals surface area contributed by atoms with Crippen molar-refractivity contribution in [2.75, 3.05) is 0 Å².